The van der Waals surface area contributed by atoms with Gasteiger partial charge in [-0.05, 0) is 31.2 Å². The lowest BCUT2D eigenvalue weighted by atomic mass is 9.98. The molecule has 1 aliphatic rings. The summed E-state index contributed by atoms with van der Waals surface area (Å²) in [6.07, 6.45) is 7.50. The van der Waals surface area contributed by atoms with Gasteiger partial charge in [0, 0.05) is 26.7 Å². The average Bonchev–Trinajstić information content (AvgIpc) is 2.46. The monoisotopic (exact) mass is 263 g/mol. The predicted molar refractivity (Wildman–Crippen MR) is 79.8 cm³/mol. The van der Waals surface area contributed by atoms with Crippen LogP contribution in [0.1, 0.15) is 26.2 Å². The molecule has 0 aromatic carbocycles. The molecule has 1 atom stereocenters. The summed E-state index contributed by atoms with van der Waals surface area (Å²) >= 11 is 0. The molecule has 0 saturated carbocycles. The molecule has 0 bridgehead atoms. The van der Waals surface area contributed by atoms with Crippen molar-refractivity contribution in [2.24, 2.45) is 5.92 Å². The Morgan fingerprint density at radius 3 is 3.16 bits per heavy atom. The molecular formula is C15H25N3O. The summed E-state index contributed by atoms with van der Waals surface area (Å²) in [5, 5.41) is 3.40. The average molecular weight is 263 g/mol. The van der Waals surface area contributed by atoms with E-state index in [1.165, 1.54) is 18.5 Å². The zero-order chi connectivity index (χ0) is 13.5. The van der Waals surface area contributed by atoms with Crippen molar-refractivity contribution in [2.45, 2.75) is 26.2 Å². The van der Waals surface area contributed by atoms with Crippen LogP contribution in [0.2, 0.25) is 0 Å². The molecule has 0 amide bonds. The van der Waals surface area contributed by atoms with Crippen molar-refractivity contribution in [3.05, 3.63) is 18.5 Å². The lowest BCUT2D eigenvalue weighted by molar-refractivity contribution is 0.143. The highest BCUT2D eigenvalue weighted by molar-refractivity contribution is 5.55. The van der Waals surface area contributed by atoms with Crippen molar-refractivity contribution in [1.29, 1.82) is 0 Å². The number of piperidine rings is 1. The van der Waals surface area contributed by atoms with Crippen LogP contribution in [-0.4, -0.2) is 38.3 Å². The molecule has 1 saturated heterocycles. The number of anilines is 2. The zero-order valence-electron chi connectivity index (χ0n) is 12.1. The largest absolute Gasteiger partial charge is 0.384 e. The molecule has 2 rings (SSSR count). The summed E-state index contributed by atoms with van der Waals surface area (Å²) in [6.45, 7) is 6.23. The Bertz CT molecular complexity index is 381. The highest BCUT2D eigenvalue weighted by Crippen LogP contribution is 2.24. The maximum absolute atomic E-state index is 5.29. The topological polar surface area (TPSA) is 37.4 Å². The predicted octanol–water partition coefficient (Wildman–Crippen LogP) is 2.77. The van der Waals surface area contributed by atoms with Crippen LogP contribution in [0.4, 0.5) is 11.4 Å². The first-order chi connectivity index (χ1) is 9.33. The highest BCUT2D eigenvalue weighted by Gasteiger charge is 2.20. The minimum Gasteiger partial charge on any atom is -0.384 e. The number of ether oxygens (including phenoxy) is 1. The third-order valence-corrected chi connectivity index (χ3v) is 3.59. The van der Waals surface area contributed by atoms with Crippen LogP contribution in [0.15, 0.2) is 18.5 Å². The van der Waals surface area contributed by atoms with Gasteiger partial charge in [-0.1, -0.05) is 6.92 Å². The molecule has 106 valence electrons. The molecule has 4 heteroatoms. The fourth-order valence-corrected chi connectivity index (χ4v) is 2.64. The maximum Gasteiger partial charge on any atom is 0.0573 e. The first-order valence-corrected chi connectivity index (χ1v) is 7.26. The van der Waals surface area contributed by atoms with Gasteiger partial charge in [0.15, 0.2) is 0 Å². The van der Waals surface area contributed by atoms with E-state index in [1.54, 1.807) is 7.11 Å². The fraction of sp³-hybridized carbons (Fsp3) is 0.667. The van der Waals surface area contributed by atoms with Gasteiger partial charge < -0.3 is 15.0 Å². The van der Waals surface area contributed by atoms with Gasteiger partial charge in [0.25, 0.3) is 0 Å². The van der Waals surface area contributed by atoms with E-state index >= 15 is 0 Å². The van der Waals surface area contributed by atoms with Gasteiger partial charge in [0.1, 0.15) is 0 Å². The number of rotatable bonds is 6. The molecule has 19 heavy (non-hydrogen) atoms. The van der Waals surface area contributed by atoms with E-state index in [4.69, 9.17) is 4.74 Å². The molecule has 1 fully saturated rings. The van der Waals surface area contributed by atoms with Crippen LogP contribution in [0.5, 0.6) is 0 Å². The van der Waals surface area contributed by atoms with Crippen molar-refractivity contribution in [3.63, 3.8) is 0 Å². The third kappa shape index (κ3) is 4.10. The van der Waals surface area contributed by atoms with E-state index in [0.717, 1.165) is 38.3 Å². The highest BCUT2D eigenvalue weighted by atomic mass is 16.5. The fourth-order valence-electron chi connectivity index (χ4n) is 2.64. The molecule has 0 spiro atoms. The van der Waals surface area contributed by atoms with Crippen LogP contribution < -0.4 is 10.2 Å². The molecule has 1 N–H and O–H groups in total. The first kappa shape index (κ1) is 14.1. The lowest BCUT2D eigenvalue weighted by Gasteiger charge is -2.34. The molecule has 2 heterocycles. The molecule has 1 aromatic rings. The Hall–Kier alpha value is -1.29. The Kier molecular flexibility index (Phi) is 5.45. The van der Waals surface area contributed by atoms with Crippen molar-refractivity contribution >= 4 is 11.4 Å². The number of hydrogen-bond donors (Lipinski definition) is 1. The zero-order valence-corrected chi connectivity index (χ0v) is 12.1. The van der Waals surface area contributed by atoms with Crippen LogP contribution >= 0.6 is 0 Å². The van der Waals surface area contributed by atoms with Gasteiger partial charge in [0.05, 0.1) is 30.4 Å². The second kappa shape index (κ2) is 7.34. The van der Waals surface area contributed by atoms with E-state index in [9.17, 15) is 0 Å². The van der Waals surface area contributed by atoms with Crippen molar-refractivity contribution < 1.29 is 4.74 Å². The summed E-state index contributed by atoms with van der Waals surface area (Å²) in [7, 11) is 1.79. The molecule has 1 aromatic heterocycles. The second-order valence-electron chi connectivity index (χ2n) is 5.27. The minimum absolute atomic E-state index is 0.644. The van der Waals surface area contributed by atoms with E-state index in [0.29, 0.717) is 5.92 Å². The Balaban J connectivity index is 1.99. The van der Waals surface area contributed by atoms with Gasteiger partial charge in [-0.3, -0.25) is 4.98 Å². The number of pyridine rings is 1. The normalized spacial score (nSPS) is 19.5. The number of aromatic nitrogens is 1. The first-order valence-electron chi connectivity index (χ1n) is 7.26. The number of hydrogen-bond acceptors (Lipinski definition) is 4. The van der Waals surface area contributed by atoms with E-state index in [-0.39, 0.29) is 0 Å². The summed E-state index contributed by atoms with van der Waals surface area (Å²) in [6, 6.07) is 2.21. The maximum atomic E-state index is 5.29. The van der Waals surface area contributed by atoms with Crippen LogP contribution in [0.3, 0.4) is 0 Å². The third-order valence-electron chi connectivity index (χ3n) is 3.59. The van der Waals surface area contributed by atoms with Crippen LogP contribution in [0, 0.1) is 5.92 Å². The Labute approximate surface area is 116 Å². The van der Waals surface area contributed by atoms with Crippen LogP contribution in [-0.2, 0) is 4.74 Å². The number of nitrogens with one attached hydrogen (secondary N) is 1. The molecule has 0 aliphatic carbocycles. The summed E-state index contributed by atoms with van der Waals surface area (Å²) in [4.78, 5) is 6.78. The summed E-state index contributed by atoms with van der Waals surface area (Å²) in [5.41, 5.74) is 2.34. The second-order valence-corrected chi connectivity index (χ2v) is 5.27. The summed E-state index contributed by atoms with van der Waals surface area (Å²) in [5.74, 6) is 0.644. The van der Waals surface area contributed by atoms with E-state index < -0.39 is 0 Å². The van der Waals surface area contributed by atoms with E-state index in [1.807, 2.05) is 12.4 Å². The van der Waals surface area contributed by atoms with Crippen molar-refractivity contribution in [2.75, 3.05) is 43.6 Å². The quantitative estimate of drug-likeness (QED) is 0.856. The van der Waals surface area contributed by atoms with Crippen molar-refractivity contribution in [1.82, 2.24) is 4.98 Å². The molecule has 1 aliphatic heterocycles. The standard InChI is InChI=1S/C15H25N3O/c1-3-6-17-14-8-15(10-16-9-14)18-7-4-5-13(11-18)12-19-2/h8-10,13,17H,3-7,11-12H2,1-2H3. The SMILES string of the molecule is CCCNc1cncc(N2CCCC(COC)C2)c1. The molecular weight excluding hydrogens is 238 g/mol. The number of nitrogens with zero attached hydrogens (tertiary/aromatic N) is 2. The van der Waals surface area contributed by atoms with E-state index in [2.05, 4.69) is 28.2 Å². The van der Waals surface area contributed by atoms with Gasteiger partial charge >= 0.3 is 0 Å². The number of methoxy groups -OCH3 is 1. The smallest absolute Gasteiger partial charge is 0.0573 e. The van der Waals surface area contributed by atoms with Gasteiger partial charge in [-0.2, -0.15) is 0 Å². The van der Waals surface area contributed by atoms with Crippen molar-refractivity contribution in [3.8, 4) is 0 Å². The van der Waals surface area contributed by atoms with Gasteiger partial charge in [-0.25, -0.2) is 0 Å². The summed E-state index contributed by atoms with van der Waals surface area (Å²) < 4.78 is 5.29. The Morgan fingerprint density at radius 2 is 2.37 bits per heavy atom. The van der Waals surface area contributed by atoms with Gasteiger partial charge in [0.2, 0.25) is 0 Å². The van der Waals surface area contributed by atoms with Gasteiger partial charge in [-0.15, -0.1) is 0 Å². The minimum atomic E-state index is 0.644. The lowest BCUT2D eigenvalue weighted by Crippen LogP contribution is -2.37. The molecule has 4 nitrogen and oxygen atoms in total. The molecule has 1 unspecified atom stereocenters. The van der Waals surface area contributed by atoms with Crippen LogP contribution in [0.25, 0.3) is 0 Å². The Morgan fingerprint density at radius 1 is 1.47 bits per heavy atom. The molecule has 0 radical (unpaired) electrons.